The zero-order valence-electron chi connectivity index (χ0n) is 11.2. The first kappa shape index (κ1) is 13.3. The normalized spacial score (nSPS) is 21.9. The van der Waals surface area contributed by atoms with Gasteiger partial charge in [-0.3, -0.25) is 0 Å². The van der Waals surface area contributed by atoms with Gasteiger partial charge in [-0.25, -0.2) is 4.98 Å². The molecule has 1 saturated heterocycles. The number of imidazole rings is 1. The number of nitrogens with zero attached hydrogens (tertiary/aromatic N) is 3. The Hall–Kier alpha value is -1.64. The van der Waals surface area contributed by atoms with Gasteiger partial charge in [0, 0.05) is 28.3 Å². The highest BCUT2D eigenvalue weighted by molar-refractivity contribution is 9.10. The third-order valence-electron chi connectivity index (χ3n) is 3.97. The minimum atomic E-state index is 0.0611. The van der Waals surface area contributed by atoms with Gasteiger partial charge in [0.1, 0.15) is 6.07 Å². The van der Waals surface area contributed by atoms with E-state index in [-0.39, 0.29) is 5.41 Å². The van der Waals surface area contributed by atoms with Crippen LogP contribution in [0.1, 0.15) is 24.6 Å². The second-order valence-electron chi connectivity index (χ2n) is 5.41. The average molecular weight is 331 g/mol. The predicted octanol–water partition coefficient (Wildman–Crippen LogP) is 2.76. The number of nitrogens with one attached hydrogen (secondary N) is 1. The Kier molecular flexibility index (Phi) is 3.36. The van der Waals surface area contributed by atoms with Gasteiger partial charge in [-0.15, -0.1) is 0 Å². The Morgan fingerprint density at radius 2 is 2.35 bits per heavy atom. The molecule has 3 rings (SSSR count). The molecule has 1 aromatic carbocycles. The summed E-state index contributed by atoms with van der Waals surface area (Å²) in [6.45, 7) is 4.20. The van der Waals surface area contributed by atoms with Crippen LogP contribution in [0.3, 0.4) is 0 Å². The molecule has 1 unspecified atom stereocenters. The van der Waals surface area contributed by atoms with Gasteiger partial charge in [-0.2, -0.15) is 5.26 Å². The number of nitriles is 1. The van der Waals surface area contributed by atoms with Crippen LogP contribution in [-0.2, 0) is 5.41 Å². The Morgan fingerprint density at radius 3 is 3.05 bits per heavy atom. The van der Waals surface area contributed by atoms with Crippen LogP contribution in [0, 0.1) is 11.3 Å². The van der Waals surface area contributed by atoms with Gasteiger partial charge in [-0.1, -0.05) is 22.9 Å². The molecule has 1 atom stereocenters. The largest absolute Gasteiger partial charge is 0.316 e. The van der Waals surface area contributed by atoms with Crippen LogP contribution in [0.15, 0.2) is 35.2 Å². The molecule has 0 bridgehead atoms. The van der Waals surface area contributed by atoms with Crippen molar-refractivity contribution >= 4 is 15.9 Å². The summed E-state index contributed by atoms with van der Waals surface area (Å²) in [5, 5.41) is 12.7. The van der Waals surface area contributed by atoms with Crippen molar-refractivity contribution in [2.75, 3.05) is 13.1 Å². The summed E-state index contributed by atoms with van der Waals surface area (Å²) in [4.78, 5) is 4.30. The van der Waals surface area contributed by atoms with E-state index in [0.717, 1.165) is 35.4 Å². The van der Waals surface area contributed by atoms with Crippen molar-refractivity contribution in [3.05, 3.63) is 46.5 Å². The highest BCUT2D eigenvalue weighted by atomic mass is 79.9. The first-order valence-electron chi connectivity index (χ1n) is 6.58. The second-order valence-corrected chi connectivity index (χ2v) is 6.33. The quantitative estimate of drug-likeness (QED) is 0.921. The number of benzene rings is 1. The molecule has 102 valence electrons. The Bertz CT molecular complexity index is 677. The maximum Gasteiger partial charge on any atom is 0.101 e. The van der Waals surface area contributed by atoms with Crippen LogP contribution < -0.4 is 5.32 Å². The maximum atomic E-state index is 9.32. The van der Waals surface area contributed by atoms with E-state index in [1.807, 2.05) is 29.0 Å². The van der Waals surface area contributed by atoms with Crippen LogP contribution in [0.25, 0.3) is 5.69 Å². The van der Waals surface area contributed by atoms with Gasteiger partial charge in [0.05, 0.1) is 17.6 Å². The van der Waals surface area contributed by atoms with Crippen LogP contribution >= 0.6 is 15.9 Å². The summed E-state index contributed by atoms with van der Waals surface area (Å²) < 4.78 is 3.00. The second kappa shape index (κ2) is 5.04. The zero-order chi connectivity index (χ0) is 14.2. The molecule has 0 aliphatic carbocycles. The van der Waals surface area contributed by atoms with Gasteiger partial charge in [0.25, 0.3) is 0 Å². The van der Waals surface area contributed by atoms with E-state index in [2.05, 4.69) is 39.2 Å². The summed E-state index contributed by atoms with van der Waals surface area (Å²) >= 11 is 3.48. The summed E-state index contributed by atoms with van der Waals surface area (Å²) in [7, 11) is 0. The van der Waals surface area contributed by atoms with Crippen molar-refractivity contribution in [2.45, 2.75) is 18.8 Å². The Labute approximate surface area is 126 Å². The third kappa shape index (κ3) is 2.15. The molecule has 2 aromatic rings. The minimum absolute atomic E-state index is 0.0611. The fraction of sp³-hybridized carbons (Fsp3) is 0.333. The van der Waals surface area contributed by atoms with Gasteiger partial charge < -0.3 is 9.88 Å². The lowest BCUT2D eigenvalue weighted by molar-refractivity contribution is 0.498. The Balaban J connectivity index is 2.15. The number of aromatic nitrogens is 2. The van der Waals surface area contributed by atoms with E-state index < -0.39 is 0 Å². The molecule has 5 heteroatoms. The molecule has 1 aliphatic rings. The molecule has 1 N–H and O–H groups in total. The van der Waals surface area contributed by atoms with Crippen molar-refractivity contribution in [3.8, 4) is 11.8 Å². The molecule has 2 heterocycles. The lowest BCUT2D eigenvalue weighted by Crippen LogP contribution is -2.27. The van der Waals surface area contributed by atoms with E-state index in [1.165, 1.54) is 0 Å². The number of halogens is 1. The monoisotopic (exact) mass is 330 g/mol. The van der Waals surface area contributed by atoms with Crippen molar-refractivity contribution in [1.82, 2.24) is 14.9 Å². The predicted molar refractivity (Wildman–Crippen MR) is 80.8 cm³/mol. The molecule has 0 saturated carbocycles. The van der Waals surface area contributed by atoms with E-state index in [0.29, 0.717) is 5.56 Å². The smallest absolute Gasteiger partial charge is 0.101 e. The van der Waals surface area contributed by atoms with Gasteiger partial charge in [-0.05, 0) is 31.2 Å². The van der Waals surface area contributed by atoms with Crippen molar-refractivity contribution in [3.63, 3.8) is 0 Å². The molecule has 1 aromatic heterocycles. The van der Waals surface area contributed by atoms with Gasteiger partial charge >= 0.3 is 0 Å². The molecular weight excluding hydrogens is 316 g/mol. The van der Waals surface area contributed by atoms with Gasteiger partial charge in [0.2, 0.25) is 0 Å². The highest BCUT2D eigenvalue weighted by Crippen LogP contribution is 2.32. The van der Waals surface area contributed by atoms with Crippen LogP contribution in [-0.4, -0.2) is 22.6 Å². The van der Waals surface area contributed by atoms with Crippen LogP contribution in [0.5, 0.6) is 0 Å². The molecule has 0 amide bonds. The summed E-state index contributed by atoms with van der Waals surface area (Å²) in [6.07, 6.45) is 4.78. The lowest BCUT2D eigenvalue weighted by atomic mass is 9.86. The summed E-state index contributed by atoms with van der Waals surface area (Å²) in [5.41, 5.74) is 2.74. The zero-order valence-corrected chi connectivity index (χ0v) is 12.8. The summed E-state index contributed by atoms with van der Waals surface area (Å²) in [6, 6.07) is 7.94. The molecule has 20 heavy (non-hydrogen) atoms. The van der Waals surface area contributed by atoms with E-state index in [9.17, 15) is 5.26 Å². The van der Waals surface area contributed by atoms with Crippen LogP contribution in [0.4, 0.5) is 0 Å². The van der Waals surface area contributed by atoms with Crippen molar-refractivity contribution < 1.29 is 0 Å². The first-order valence-corrected chi connectivity index (χ1v) is 7.37. The van der Waals surface area contributed by atoms with E-state index >= 15 is 0 Å². The molecule has 0 radical (unpaired) electrons. The van der Waals surface area contributed by atoms with Crippen LogP contribution in [0.2, 0.25) is 0 Å². The van der Waals surface area contributed by atoms with Crippen molar-refractivity contribution in [2.24, 2.45) is 0 Å². The highest BCUT2D eigenvalue weighted by Gasteiger charge is 2.33. The molecule has 0 spiro atoms. The average Bonchev–Trinajstić information content (AvgIpc) is 3.08. The summed E-state index contributed by atoms with van der Waals surface area (Å²) in [5.74, 6) is 0. The minimum Gasteiger partial charge on any atom is -0.316 e. The van der Waals surface area contributed by atoms with Crippen molar-refractivity contribution in [1.29, 1.82) is 5.26 Å². The topological polar surface area (TPSA) is 53.6 Å². The molecule has 1 fully saturated rings. The Morgan fingerprint density at radius 1 is 1.50 bits per heavy atom. The van der Waals surface area contributed by atoms with E-state index in [4.69, 9.17) is 0 Å². The van der Waals surface area contributed by atoms with E-state index in [1.54, 1.807) is 6.33 Å². The maximum absolute atomic E-state index is 9.32. The molecular formula is C15H15BrN4. The molecule has 4 nitrogen and oxygen atoms in total. The number of hydrogen-bond donors (Lipinski definition) is 1. The lowest BCUT2D eigenvalue weighted by Gasteiger charge is -2.24. The SMILES string of the molecule is CC1(c2cncn2-c2cc(Br)ccc2C#N)CCNC1. The standard InChI is InChI=1S/C15H15BrN4/c1-15(4-5-18-9-15)14-8-19-10-20(14)13-6-12(16)3-2-11(13)7-17/h2-3,6,8,10,18H,4-5,9H2,1H3. The number of rotatable bonds is 2. The fourth-order valence-corrected chi connectivity index (χ4v) is 3.12. The third-order valence-corrected chi connectivity index (χ3v) is 4.46. The van der Waals surface area contributed by atoms with Gasteiger partial charge in [0.15, 0.2) is 0 Å². The fourth-order valence-electron chi connectivity index (χ4n) is 2.77. The first-order chi connectivity index (χ1) is 9.64. The number of hydrogen-bond acceptors (Lipinski definition) is 3. The molecule has 1 aliphatic heterocycles.